The van der Waals surface area contributed by atoms with Crippen molar-refractivity contribution < 1.29 is 42.1 Å². The lowest BCUT2D eigenvalue weighted by Gasteiger charge is -2.28. The molecular weight excluding hydrogens is 1280 g/mol. The van der Waals surface area contributed by atoms with Crippen molar-refractivity contribution in [3.63, 3.8) is 0 Å². The van der Waals surface area contributed by atoms with Crippen LogP contribution in [0.4, 0.5) is 0 Å². The van der Waals surface area contributed by atoms with Crippen molar-refractivity contribution in [3.8, 4) is 0 Å². The summed E-state index contributed by atoms with van der Waals surface area (Å²) in [7, 11) is 1.19. The summed E-state index contributed by atoms with van der Waals surface area (Å²) < 4.78 is 34.5. The molecule has 10 heteroatoms. The number of allylic oxidation sites excluding steroid dienone is 12. The molecule has 0 rings (SSSR count). The number of carbonyl (C=O) groups is 2. The van der Waals surface area contributed by atoms with Crippen molar-refractivity contribution in [1.29, 1.82) is 0 Å². The molecule has 598 valence electrons. The van der Waals surface area contributed by atoms with Gasteiger partial charge in [-0.3, -0.25) is 14.2 Å². The summed E-state index contributed by atoms with van der Waals surface area (Å²) in [4.78, 5) is 38.3. The van der Waals surface area contributed by atoms with Crippen LogP contribution in [0.3, 0.4) is 0 Å². The fraction of sp³-hybridized carbons (Fsp3) is 0.848. The van der Waals surface area contributed by atoms with Gasteiger partial charge in [0.2, 0.25) is 0 Å². The number of esters is 2. The van der Waals surface area contributed by atoms with Gasteiger partial charge in [0, 0.05) is 12.8 Å². The van der Waals surface area contributed by atoms with E-state index in [0.29, 0.717) is 17.4 Å². The lowest BCUT2D eigenvalue weighted by atomic mass is 10.0. The lowest BCUT2D eigenvalue weighted by Crippen LogP contribution is -2.37. The molecule has 0 amide bonds. The van der Waals surface area contributed by atoms with E-state index >= 15 is 0 Å². The third-order valence-electron chi connectivity index (χ3n) is 20.2. The van der Waals surface area contributed by atoms with Gasteiger partial charge in [-0.05, 0) is 64.2 Å². The van der Waals surface area contributed by atoms with E-state index < -0.39 is 26.5 Å². The largest absolute Gasteiger partial charge is 0.756 e. The summed E-state index contributed by atoms with van der Waals surface area (Å²) in [6.07, 6.45) is 114. The predicted octanol–water partition coefficient (Wildman–Crippen LogP) is 29.6. The molecule has 0 saturated carbocycles. The SMILES string of the molecule is CC/C=C\C/C=C\C/C=C\C/C=C\C/C=C\C/C=C\CCCCCCCCCCCCCCCCCCCCCCCCC(=O)OC(COC(=O)CCCCCCCCCCCCCCCCCCCCCCCCCCCCCCCCCCCCCCC)COP(=O)([O-])OCC[N+](C)(C)C. The van der Waals surface area contributed by atoms with Crippen LogP contribution in [0.1, 0.15) is 450 Å². The maximum atomic E-state index is 12.9. The number of rotatable bonds is 84. The number of unbranched alkanes of at least 4 members (excludes halogenated alkanes) is 58. The van der Waals surface area contributed by atoms with E-state index in [4.69, 9.17) is 18.5 Å². The Morgan fingerprint density at radius 2 is 0.559 bits per heavy atom. The standard InChI is InChI=1S/C92H172NO8P/c1-6-8-10-12-14-16-18-20-22-24-26-28-30-32-34-36-38-40-42-44-45-46-47-49-51-53-55-57-59-61-63-65-67-69-71-73-75-77-79-81-83-85-92(95)101-90(89-100-102(96,97)99-87-86-93(3,4)5)88-98-91(94)84-82-80-78-76-74-72-70-68-66-64-62-60-58-56-54-52-50-48-43-41-39-37-35-33-31-29-27-25-23-21-19-17-15-13-11-9-7-2/h8,10,14,16,20,22,26,28,32,34,38,40,90H,6-7,9,11-13,15,17-19,21,23-25,27,29-31,33,35-37,39,41-89H2,1-5H3/b10-8-,16-14-,22-20-,28-26-,34-32-,40-38-. The Balaban J connectivity index is 3.86. The van der Waals surface area contributed by atoms with Crippen LogP contribution in [0.2, 0.25) is 0 Å². The molecular formula is C92H172NO8P. The van der Waals surface area contributed by atoms with E-state index in [1.165, 1.54) is 347 Å². The first-order valence-corrected chi connectivity index (χ1v) is 46.1. The Labute approximate surface area is 635 Å². The van der Waals surface area contributed by atoms with Gasteiger partial charge in [-0.1, -0.05) is 446 Å². The highest BCUT2D eigenvalue weighted by Crippen LogP contribution is 2.38. The van der Waals surface area contributed by atoms with Crippen molar-refractivity contribution in [1.82, 2.24) is 0 Å². The number of phosphoric ester groups is 1. The van der Waals surface area contributed by atoms with Gasteiger partial charge in [-0.2, -0.15) is 0 Å². The second kappa shape index (κ2) is 82.5. The van der Waals surface area contributed by atoms with Crippen molar-refractivity contribution >= 4 is 19.8 Å². The van der Waals surface area contributed by atoms with Crippen molar-refractivity contribution in [3.05, 3.63) is 72.9 Å². The van der Waals surface area contributed by atoms with Crippen molar-refractivity contribution in [2.24, 2.45) is 0 Å². The third kappa shape index (κ3) is 86.4. The molecule has 0 aliphatic heterocycles. The van der Waals surface area contributed by atoms with Gasteiger partial charge >= 0.3 is 11.9 Å². The Morgan fingerprint density at radius 1 is 0.314 bits per heavy atom. The number of nitrogens with zero attached hydrogens (tertiary/aromatic N) is 1. The van der Waals surface area contributed by atoms with E-state index in [-0.39, 0.29) is 32.0 Å². The maximum Gasteiger partial charge on any atom is 0.306 e. The molecule has 9 nitrogen and oxygen atoms in total. The normalized spacial score (nSPS) is 13.3. The highest BCUT2D eigenvalue weighted by atomic mass is 31.2. The van der Waals surface area contributed by atoms with E-state index in [1.807, 2.05) is 21.1 Å². The van der Waals surface area contributed by atoms with Crippen LogP contribution in [0.15, 0.2) is 72.9 Å². The van der Waals surface area contributed by atoms with Gasteiger partial charge in [0.15, 0.2) is 6.10 Å². The number of ether oxygens (including phenoxy) is 2. The van der Waals surface area contributed by atoms with Crippen LogP contribution in [0, 0.1) is 0 Å². The molecule has 0 aliphatic rings. The number of phosphoric acid groups is 1. The van der Waals surface area contributed by atoms with Crippen LogP contribution in [0.25, 0.3) is 0 Å². The molecule has 0 radical (unpaired) electrons. The van der Waals surface area contributed by atoms with Crippen LogP contribution in [0.5, 0.6) is 0 Å². The van der Waals surface area contributed by atoms with Gasteiger partial charge in [0.1, 0.15) is 19.8 Å². The Hall–Kier alpha value is -2.55. The van der Waals surface area contributed by atoms with E-state index in [9.17, 15) is 19.0 Å². The summed E-state index contributed by atoms with van der Waals surface area (Å²) in [5, 5.41) is 0. The van der Waals surface area contributed by atoms with E-state index in [2.05, 4.69) is 86.8 Å². The molecule has 102 heavy (non-hydrogen) atoms. The molecule has 0 aromatic rings. The van der Waals surface area contributed by atoms with E-state index in [0.717, 1.165) is 70.6 Å². The number of carbonyl (C=O) groups excluding carboxylic acids is 2. The summed E-state index contributed by atoms with van der Waals surface area (Å²) in [5.41, 5.74) is 0. The second-order valence-electron chi connectivity index (χ2n) is 31.6. The summed E-state index contributed by atoms with van der Waals surface area (Å²) in [6.45, 7) is 4.21. The van der Waals surface area contributed by atoms with Gasteiger partial charge < -0.3 is 27.9 Å². The molecule has 0 aromatic heterocycles. The Morgan fingerprint density at radius 3 is 0.833 bits per heavy atom. The predicted molar refractivity (Wildman–Crippen MR) is 443 cm³/mol. The molecule has 0 N–H and O–H groups in total. The first-order chi connectivity index (χ1) is 50.0. The molecule has 0 aromatic carbocycles. The Bertz CT molecular complexity index is 1950. The van der Waals surface area contributed by atoms with Crippen LogP contribution in [-0.4, -0.2) is 70.0 Å². The fourth-order valence-electron chi connectivity index (χ4n) is 13.5. The summed E-state index contributed by atoms with van der Waals surface area (Å²) in [6, 6.07) is 0. The number of likely N-dealkylation sites (N-methyl/N-ethyl adjacent to an activating group) is 1. The summed E-state index contributed by atoms with van der Waals surface area (Å²) in [5.74, 6) is -0.807. The minimum Gasteiger partial charge on any atom is -0.756 e. The maximum absolute atomic E-state index is 12.9. The molecule has 2 unspecified atom stereocenters. The zero-order chi connectivity index (χ0) is 74.0. The minimum atomic E-state index is -4.65. The number of quaternary nitrogens is 1. The molecule has 0 fully saturated rings. The minimum absolute atomic E-state index is 0.0282. The van der Waals surface area contributed by atoms with Gasteiger partial charge in [-0.15, -0.1) is 0 Å². The highest BCUT2D eigenvalue weighted by Gasteiger charge is 2.22. The van der Waals surface area contributed by atoms with Gasteiger partial charge in [0.05, 0.1) is 27.7 Å². The lowest BCUT2D eigenvalue weighted by molar-refractivity contribution is -0.870. The average Bonchev–Trinajstić information content (AvgIpc) is 0.916. The highest BCUT2D eigenvalue weighted by molar-refractivity contribution is 7.45. The molecule has 0 saturated heterocycles. The Kier molecular flexibility index (Phi) is 80.4. The van der Waals surface area contributed by atoms with Gasteiger partial charge in [-0.25, -0.2) is 0 Å². The van der Waals surface area contributed by atoms with Crippen molar-refractivity contribution in [2.45, 2.75) is 457 Å². The quantitative estimate of drug-likeness (QED) is 0.0195. The van der Waals surface area contributed by atoms with Crippen LogP contribution < -0.4 is 4.89 Å². The monoisotopic (exact) mass is 1450 g/mol. The molecule has 0 spiro atoms. The zero-order valence-electron chi connectivity index (χ0n) is 68.6. The fourth-order valence-corrected chi connectivity index (χ4v) is 14.2. The first-order valence-electron chi connectivity index (χ1n) is 44.6. The first kappa shape index (κ1) is 99.5. The second-order valence-corrected chi connectivity index (χ2v) is 33.0. The van der Waals surface area contributed by atoms with Crippen molar-refractivity contribution in [2.75, 3.05) is 47.5 Å². The van der Waals surface area contributed by atoms with Crippen LogP contribution in [-0.2, 0) is 32.7 Å². The molecule has 2 atom stereocenters. The number of hydrogen-bond donors (Lipinski definition) is 0. The topological polar surface area (TPSA) is 111 Å². The smallest absolute Gasteiger partial charge is 0.306 e. The zero-order valence-corrected chi connectivity index (χ0v) is 69.5. The third-order valence-corrected chi connectivity index (χ3v) is 21.2. The van der Waals surface area contributed by atoms with Gasteiger partial charge in [0.25, 0.3) is 7.82 Å². The molecule has 0 aliphatic carbocycles. The molecule has 0 heterocycles. The summed E-state index contributed by atoms with van der Waals surface area (Å²) >= 11 is 0. The van der Waals surface area contributed by atoms with Crippen LogP contribution >= 0.6 is 7.82 Å². The number of hydrogen-bond acceptors (Lipinski definition) is 8. The average molecular weight is 1450 g/mol. The molecule has 0 bridgehead atoms. The van der Waals surface area contributed by atoms with E-state index in [1.54, 1.807) is 0 Å².